The van der Waals surface area contributed by atoms with E-state index in [1.165, 1.54) is 108 Å². The molecule has 4 rings (SSSR count). The summed E-state index contributed by atoms with van der Waals surface area (Å²) in [5.74, 6) is 2.40. The SMILES string of the molecule is C=C(C)C1CCC(C(=C)N2CCC(CN3CC4(CCNCC4)C3)CC2)CC1.CC. The van der Waals surface area contributed by atoms with Crippen molar-refractivity contribution in [2.24, 2.45) is 23.2 Å². The Morgan fingerprint density at radius 2 is 1.45 bits per heavy atom. The summed E-state index contributed by atoms with van der Waals surface area (Å²) in [6.07, 6.45) is 10.8. The molecule has 0 unspecified atom stereocenters. The fourth-order valence-corrected chi connectivity index (χ4v) is 6.25. The average molecular weight is 402 g/mol. The van der Waals surface area contributed by atoms with Crippen LogP contribution >= 0.6 is 0 Å². The second-order valence-electron chi connectivity index (χ2n) is 10.2. The molecular weight excluding hydrogens is 354 g/mol. The van der Waals surface area contributed by atoms with Crippen LogP contribution in [0.25, 0.3) is 0 Å². The van der Waals surface area contributed by atoms with E-state index in [0.29, 0.717) is 5.41 Å². The van der Waals surface area contributed by atoms with Gasteiger partial charge in [-0.05, 0) is 94.5 Å². The summed E-state index contributed by atoms with van der Waals surface area (Å²) in [6.45, 7) is 24.0. The standard InChI is InChI=1S/C24H41N3.C2H6/c1-19(2)22-4-6-23(7-5-22)20(3)27-14-8-21(9-15-27)16-26-17-24(18-26)10-12-25-13-11-24;1-2/h21-23,25H,1,3-18H2,2H3;1-2H3. The maximum Gasteiger partial charge on any atom is 0.0178 e. The van der Waals surface area contributed by atoms with Crippen molar-refractivity contribution >= 4 is 0 Å². The Hall–Kier alpha value is -0.800. The summed E-state index contributed by atoms with van der Waals surface area (Å²) in [7, 11) is 0. The summed E-state index contributed by atoms with van der Waals surface area (Å²) in [6, 6.07) is 0. The lowest BCUT2D eigenvalue weighted by Crippen LogP contribution is -2.60. The molecule has 1 aliphatic carbocycles. The molecule has 4 aliphatic rings. The van der Waals surface area contributed by atoms with Crippen molar-refractivity contribution in [3.8, 4) is 0 Å². The summed E-state index contributed by atoms with van der Waals surface area (Å²) < 4.78 is 0. The lowest BCUT2D eigenvalue weighted by molar-refractivity contribution is -0.0359. The summed E-state index contributed by atoms with van der Waals surface area (Å²) in [5.41, 5.74) is 3.52. The second-order valence-corrected chi connectivity index (χ2v) is 10.2. The molecule has 3 heterocycles. The molecule has 3 nitrogen and oxygen atoms in total. The van der Waals surface area contributed by atoms with Crippen molar-refractivity contribution in [1.82, 2.24) is 15.1 Å². The fourth-order valence-electron chi connectivity index (χ4n) is 6.25. The van der Waals surface area contributed by atoms with Crippen molar-refractivity contribution < 1.29 is 0 Å². The van der Waals surface area contributed by atoms with E-state index in [4.69, 9.17) is 0 Å². The van der Waals surface area contributed by atoms with E-state index >= 15 is 0 Å². The van der Waals surface area contributed by atoms with Crippen LogP contribution in [0.5, 0.6) is 0 Å². The van der Waals surface area contributed by atoms with Crippen LogP contribution in [-0.4, -0.2) is 55.6 Å². The molecule has 0 amide bonds. The zero-order valence-electron chi connectivity index (χ0n) is 19.6. The smallest absolute Gasteiger partial charge is 0.0178 e. The predicted octanol–water partition coefficient (Wildman–Crippen LogP) is 5.31. The van der Waals surface area contributed by atoms with E-state index in [2.05, 4.69) is 35.2 Å². The zero-order chi connectivity index (χ0) is 20.9. The van der Waals surface area contributed by atoms with Gasteiger partial charge in [0.1, 0.15) is 0 Å². The van der Waals surface area contributed by atoms with Crippen LogP contribution < -0.4 is 5.32 Å². The van der Waals surface area contributed by atoms with Gasteiger partial charge >= 0.3 is 0 Å². The molecular formula is C26H47N3. The van der Waals surface area contributed by atoms with Crippen molar-refractivity contribution in [1.29, 1.82) is 0 Å². The first kappa shape index (κ1) is 22.9. The molecule has 0 bridgehead atoms. The number of hydrogen-bond acceptors (Lipinski definition) is 3. The van der Waals surface area contributed by atoms with Crippen molar-refractivity contribution in [2.75, 3.05) is 45.8 Å². The minimum atomic E-state index is 0.683. The minimum Gasteiger partial charge on any atom is -0.375 e. The highest BCUT2D eigenvalue weighted by Crippen LogP contribution is 2.40. The highest BCUT2D eigenvalue weighted by Gasteiger charge is 2.43. The highest BCUT2D eigenvalue weighted by molar-refractivity contribution is 5.07. The van der Waals surface area contributed by atoms with Gasteiger partial charge in [0, 0.05) is 38.4 Å². The van der Waals surface area contributed by atoms with Gasteiger partial charge in [-0.3, -0.25) is 0 Å². The minimum absolute atomic E-state index is 0.683. The van der Waals surface area contributed by atoms with Gasteiger partial charge in [-0.2, -0.15) is 0 Å². The molecule has 1 N–H and O–H groups in total. The molecule has 3 saturated heterocycles. The summed E-state index contributed by atoms with van der Waals surface area (Å²) in [5, 5.41) is 3.52. The predicted molar refractivity (Wildman–Crippen MR) is 126 cm³/mol. The largest absolute Gasteiger partial charge is 0.375 e. The first-order chi connectivity index (χ1) is 14.0. The lowest BCUT2D eigenvalue weighted by Gasteiger charge is -2.54. The van der Waals surface area contributed by atoms with Gasteiger partial charge in [0.15, 0.2) is 0 Å². The Balaban J connectivity index is 0.00000117. The van der Waals surface area contributed by atoms with Crippen molar-refractivity contribution in [2.45, 2.75) is 72.1 Å². The third kappa shape index (κ3) is 5.67. The van der Waals surface area contributed by atoms with E-state index in [9.17, 15) is 0 Å². The molecule has 0 radical (unpaired) electrons. The molecule has 1 saturated carbocycles. The molecule has 0 aromatic rings. The van der Waals surface area contributed by atoms with E-state index in [0.717, 1.165) is 17.8 Å². The Morgan fingerprint density at radius 1 is 0.897 bits per heavy atom. The van der Waals surface area contributed by atoms with Gasteiger partial charge in [-0.25, -0.2) is 0 Å². The fraction of sp³-hybridized carbons (Fsp3) is 0.846. The molecule has 29 heavy (non-hydrogen) atoms. The van der Waals surface area contributed by atoms with Crippen LogP contribution in [0.3, 0.4) is 0 Å². The monoisotopic (exact) mass is 401 g/mol. The highest BCUT2D eigenvalue weighted by atomic mass is 15.2. The number of likely N-dealkylation sites (tertiary alicyclic amines) is 2. The Kier molecular flexibility index (Phi) is 8.27. The van der Waals surface area contributed by atoms with Gasteiger partial charge in [-0.1, -0.05) is 32.6 Å². The lowest BCUT2D eigenvalue weighted by atomic mass is 9.72. The third-order valence-electron chi connectivity index (χ3n) is 8.21. The number of nitrogens with zero attached hydrogens (tertiary/aromatic N) is 2. The molecule has 166 valence electrons. The van der Waals surface area contributed by atoms with E-state index < -0.39 is 0 Å². The second kappa shape index (κ2) is 10.5. The number of nitrogens with one attached hydrogen (secondary N) is 1. The van der Waals surface area contributed by atoms with Crippen LogP contribution in [-0.2, 0) is 0 Å². The Labute approximate surface area is 181 Å². The normalized spacial score (nSPS) is 30.2. The molecule has 0 atom stereocenters. The molecule has 1 spiro atoms. The summed E-state index contributed by atoms with van der Waals surface area (Å²) >= 11 is 0. The maximum atomic E-state index is 4.53. The first-order valence-corrected chi connectivity index (χ1v) is 12.6. The quantitative estimate of drug-likeness (QED) is 0.630. The molecule has 4 fully saturated rings. The first-order valence-electron chi connectivity index (χ1n) is 12.6. The van der Waals surface area contributed by atoms with Crippen LogP contribution in [0.1, 0.15) is 72.1 Å². The van der Waals surface area contributed by atoms with Crippen molar-refractivity contribution in [3.63, 3.8) is 0 Å². The molecule has 0 aromatic carbocycles. The third-order valence-corrected chi connectivity index (χ3v) is 8.21. The molecule has 3 heteroatoms. The van der Waals surface area contributed by atoms with Gasteiger partial charge in [0.05, 0.1) is 0 Å². The average Bonchev–Trinajstić information content (AvgIpc) is 2.75. The Morgan fingerprint density at radius 3 is 2.00 bits per heavy atom. The van der Waals surface area contributed by atoms with Gasteiger partial charge < -0.3 is 15.1 Å². The van der Waals surface area contributed by atoms with E-state index in [1.54, 1.807) is 0 Å². The van der Waals surface area contributed by atoms with Crippen LogP contribution in [0, 0.1) is 23.2 Å². The molecule has 3 aliphatic heterocycles. The van der Waals surface area contributed by atoms with Gasteiger partial charge in [0.25, 0.3) is 0 Å². The number of allylic oxidation sites excluding steroid dienone is 2. The maximum absolute atomic E-state index is 4.53. The number of rotatable bonds is 5. The topological polar surface area (TPSA) is 18.5 Å². The van der Waals surface area contributed by atoms with Gasteiger partial charge in [-0.15, -0.1) is 0 Å². The van der Waals surface area contributed by atoms with Gasteiger partial charge in [0.2, 0.25) is 0 Å². The number of piperidine rings is 2. The van der Waals surface area contributed by atoms with Crippen molar-refractivity contribution in [3.05, 3.63) is 24.4 Å². The molecule has 0 aromatic heterocycles. The summed E-state index contributed by atoms with van der Waals surface area (Å²) in [4.78, 5) is 5.38. The van der Waals surface area contributed by atoms with Crippen LogP contribution in [0.4, 0.5) is 0 Å². The van der Waals surface area contributed by atoms with Crippen LogP contribution in [0.2, 0.25) is 0 Å². The van der Waals surface area contributed by atoms with E-state index in [1.807, 2.05) is 13.8 Å². The van der Waals surface area contributed by atoms with E-state index in [-0.39, 0.29) is 0 Å². The zero-order valence-corrected chi connectivity index (χ0v) is 19.6. The Bertz CT molecular complexity index is 524. The number of hydrogen-bond donors (Lipinski definition) is 1. The van der Waals surface area contributed by atoms with Crippen LogP contribution in [0.15, 0.2) is 24.4 Å².